The minimum absolute atomic E-state index is 0.232. The highest BCUT2D eigenvalue weighted by molar-refractivity contribution is 5.89. The molecule has 0 aliphatic heterocycles. The summed E-state index contributed by atoms with van der Waals surface area (Å²) in [5.41, 5.74) is 1.95. The van der Waals surface area contributed by atoms with Crippen molar-refractivity contribution >= 4 is 5.97 Å². The van der Waals surface area contributed by atoms with Crippen molar-refractivity contribution in [2.45, 2.75) is 58.8 Å². The number of hydrogen-bond donors (Lipinski definition) is 0. The fourth-order valence-electron chi connectivity index (χ4n) is 2.21. The summed E-state index contributed by atoms with van der Waals surface area (Å²) in [6.45, 7) is 6.74. The molecular formula is C17H26O2. The zero-order valence-electron chi connectivity index (χ0n) is 12.4. The highest BCUT2D eigenvalue weighted by atomic mass is 16.5. The van der Waals surface area contributed by atoms with E-state index in [0.29, 0.717) is 18.1 Å². The Morgan fingerprint density at radius 1 is 1.11 bits per heavy atom. The van der Waals surface area contributed by atoms with Gasteiger partial charge in [0, 0.05) is 0 Å². The van der Waals surface area contributed by atoms with Gasteiger partial charge in [0.2, 0.25) is 0 Å². The van der Waals surface area contributed by atoms with E-state index >= 15 is 0 Å². The van der Waals surface area contributed by atoms with Crippen LogP contribution in [0.3, 0.4) is 0 Å². The van der Waals surface area contributed by atoms with Crippen LogP contribution in [0.25, 0.3) is 0 Å². The number of hydrogen-bond acceptors (Lipinski definition) is 2. The van der Waals surface area contributed by atoms with Crippen LogP contribution in [0.2, 0.25) is 0 Å². The van der Waals surface area contributed by atoms with Gasteiger partial charge in [-0.1, -0.05) is 51.7 Å². The second-order valence-electron chi connectivity index (χ2n) is 5.09. The normalized spacial score (nSPS) is 12.2. The molecule has 2 nitrogen and oxygen atoms in total. The Morgan fingerprint density at radius 3 is 2.37 bits per heavy atom. The Morgan fingerprint density at radius 2 is 1.79 bits per heavy atom. The van der Waals surface area contributed by atoms with Crippen molar-refractivity contribution in [3.05, 3.63) is 35.4 Å². The lowest BCUT2D eigenvalue weighted by atomic mass is 9.94. The smallest absolute Gasteiger partial charge is 0.338 e. The van der Waals surface area contributed by atoms with Gasteiger partial charge >= 0.3 is 5.97 Å². The molecule has 0 saturated heterocycles. The van der Waals surface area contributed by atoms with Gasteiger partial charge in [-0.2, -0.15) is 0 Å². The van der Waals surface area contributed by atoms with Crippen molar-refractivity contribution < 1.29 is 9.53 Å². The third kappa shape index (κ3) is 5.46. The van der Waals surface area contributed by atoms with Crippen molar-refractivity contribution in [1.82, 2.24) is 0 Å². The zero-order valence-corrected chi connectivity index (χ0v) is 12.4. The Bertz CT molecular complexity index is 367. The van der Waals surface area contributed by atoms with Crippen molar-refractivity contribution in [2.24, 2.45) is 0 Å². The molecule has 0 aromatic heterocycles. The van der Waals surface area contributed by atoms with Gasteiger partial charge in [-0.05, 0) is 37.0 Å². The van der Waals surface area contributed by atoms with E-state index in [4.69, 9.17) is 4.74 Å². The number of esters is 1. The first kappa shape index (κ1) is 15.7. The van der Waals surface area contributed by atoms with E-state index in [1.54, 1.807) is 0 Å². The Hall–Kier alpha value is -1.31. The minimum atomic E-state index is -0.232. The number of unbranched alkanes of at least 4 members (excludes halogenated alkanes) is 3. The van der Waals surface area contributed by atoms with Crippen molar-refractivity contribution in [3.63, 3.8) is 0 Å². The summed E-state index contributed by atoms with van der Waals surface area (Å²) in [7, 11) is 0. The van der Waals surface area contributed by atoms with Gasteiger partial charge in [0.05, 0.1) is 12.2 Å². The molecule has 0 aliphatic rings. The molecule has 0 saturated carbocycles. The predicted molar refractivity (Wildman–Crippen MR) is 79.6 cm³/mol. The second-order valence-corrected chi connectivity index (χ2v) is 5.09. The van der Waals surface area contributed by atoms with Crippen LogP contribution in [0.1, 0.15) is 74.7 Å². The lowest BCUT2D eigenvalue weighted by Gasteiger charge is -2.12. The summed E-state index contributed by atoms with van der Waals surface area (Å²) in [6.07, 6.45) is 6.44. The van der Waals surface area contributed by atoms with E-state index in [0.717, 1.165) is 0 Å². The van der Waals surface area contributed by atoms with Crippen molar-refractivity contribution in [2.75, 3.05) is 6.61 Å². The molecule has 1 unspecified atom stereocenters. The minimum Gasteiger partial charge on any atom is -0.462 e. The molecule has 0 fully saturated rings. The standard InChI is InChI=1S/C17H26O2/c1-4-6-7-8-9-14(3)15-10-12-16(13-11-15)17(18)19-5-2/h10-14H,4-9H2,1-3H3. The van der Waals surface area contributed by atoms with Crippen LogP contribution in [0.5, 0.6) is 0 Å². The molecule has 0 amide bonds. The van der Waals surface area contributed by atoms with E-state index in [2.05, 4.69) is 26.0 Å². The molecule has 0 N–H and O–H groups in total. The first-order valence-corrected chi connectivity index (χ1v) is 7.46. The highest BCUT2D eigenvalue weighted by Crippen LogP contribution is 2.22. The maximum atomic E-state index is 11.5. The summed E-state index contributed by atoms with van der Waals surface area (Å²) in [5, 5.41) is 0. The van der Waals surface area contributed by atoms with Gasteiger partial charge in [0.15, 0.2) is 0 Å². The summed E-state index contributed by atoms with van der Waals surface area (Å²) in [4.78, 5) is 11.5. The monoisotopic (exact) mass is 262 g/mol. The van der Waals surface area contributed by atoms with Crippen LogP contribution in [-0.4, -0.2) is 12.6 Å². The highest BCUT2D eigenvalue weighted by Gasteiger charge is 2.09. The number of carbonyl (C=O) groups is 1. The van der Waals surface area contributed by atoms with E-state index in [-0.39, 0.29) is 5.97 Å². The number of benzene rings is 1. The molecule has 0 spiro atoms. The predicted octanol–water partition coefficient (Wildman–Crippen LogP) is 4.94. The molecule has 19 heavy (non-hydrogen) atoms. The molecule has 1 aromatic carbocycles. The largest absolute Gasteiger partial charge is 0.462 e. The van der Waals surface area contributed by atoms with Crippen LogP contribution >= 0.6 is 0 Å². The fourth-order valence-corrected chi connectivity index (χ4v) is 2.21. The molecule has 106 valence electrons. The van der Waals surface area contributed by atoms with Crippen LogP contribution in [-0.2, 0) is 4.74 Å². The molecular weight excluding hydrogens is 236 g/mol. The maximum absolute atomic E-state index is 11.5. The van der Waals surface area contributed by atoms with Crippen molar-refractivity contribution in [3.8, 4) is 0 Å². The van der Waals surface area contributed by atoms with E-state index in [9.17, 15) is 4.79 Å². The molecule has 0 aliphatic carbocycles. The molecule has 0 bridgehead atoms. The molecule has 1 aromatic rings. The van der Waals surface area contributed by atoms with Gasteiger partial charge < -0.3 is 4.74 Å². The van der Waals surface area contributed by atoms with Gasteiger partial charge in [-0.25, -0.2) is 4.79 Å². The molecule has 0 heterocycles. The molecule has 1 atom stereocenters. The molecule has 2 heteroatoms. The number of ether oxygens (including phenoxy) is 1. The van der Waals surface area contributed by atoms with Crippen LogP contribution in [0.15, 0.2) is 24.3 Å². The second kappa shape index (κ2) is 8.73. The maximum Gasteiger partial charge on any atom is 0.338 e. The van der Waals surface area contributed by atoms with Crippen LogP contribution in [0.4, 0.5) is 0 Å². The average molecular weight is 262 g/mol. The summed E-state index contributed by atoms with van der Waals surface area (Å²) < 4.78 is 4.98. The molecule has 0 radical (unpaired) electrons. The number of rotatable bonds is 8. The van der Waals surface area contributed by atoms with Crippen LogP contribution in [0, 0.1) is 0 Å². The Labute approximate surface area is 117 Å². The first-order valence-electron chi connectivity index (χ1n) is 7.46. The summed E-state index contributed by atoms with van der Waals surface area (Å²) >= 11 is 0. The van der Waals surface area contributed by atoms with Gasteiger partial charge in [-0.3, -0.25) is 0 Å². The van der Waals surface area contributed by atoms with E-state index < -0.39 is 0 Å². The SMILES string of the molecule is CCCCCCC(C)c1ccc(C(=O)OCC)cc1. The summed E-state index contributed by atoms with van der Waals surface area (Å²) in [5.74, 6) is 0.331. The topological polar surface area (TPSA) is 26.3 Å². The van der Waals surface area contributed by atoms with E-state index in [1.807, 2.05) is 19.1 Å². The average Bonchev–Trinajstić information content (AvgIpc) is 2.44. The van der Waals surface area contributed by atoms with Gasteiger partial charge in [0.1, 0.15) is 0 Å². The van der Waals surface area contributed by atoms with Gasteiger partial charge in [-0.15, -0.1) is 0 Å². The zero-order chi connectivity index (χ0) is 14.1. The number of carbonyl (C=O) groups excluding carboxylic acids is 1. The third-order valence-electron chi connectivity index (χ3n) is 3.48. The lowest BCUT2D eigenvalue weighted by molar-refractivity contribution is 0.0526. The third-order valence-corrected chi connectivity index (χ3v) is 3.48. The summed E-state index contributed by atoms with van der Waals surface area (Å²) in [6, 6.07) is 7.85. The first-order chi connectivity index (χ1) is 9.19. The Kier molecular flexibility index (Phi) is 7.24. The van der Waals surface area contributed by atoms with Crippen molar-refractivity contribution in [1.29, 1.82) is 0 Å². The van der Waals surface area contributed by atoms with E-state index in [1.165, 1.54) is 37.7 Å². The Balaban J connectivity index is 2.48. The van der Waals surface area contributed by atoms with Gasteiger partial charge in [0.25, 0.3) is 0 Å². The molecule has 1 rings (SSSR count). The fraction of sp³-hybridized carbons (Fsp3) is 0.588. The quantitative estimate of drug-likeness (QED) is 0.490. The van der Waals surface area contributed by atoms with Crippen LogP contribution < -0.4 is 0 Å². The lowest BCUT2D eigenvalue weighted by Crippen LogP contribution is -2.04.